The Kier molecular flexibility index (Phi) is 6.46. The van der Waals surface area contributed by atoms with Crippen molar-refractivity contribution in [3.05, 3.63) is 87.2 Å². The molecule has 0 unspecified atom stereocenters. The summed E-state index contributed by atoms with van der Waals surface area (Å²) < 4.78 is 7.48. The van der Waals surface area contributed by atoms with Crippen molar-refractivity contribution in [2.75, 3.05) is 7.05 Å². The highest BCUT2D eigenvalue weighted by Gasteiger charge is 2.16. The van der Waals surface area contributed by atoms with Crippen LogP contribution in [0.2, 0.25) is 0 Å². The van der Waals surface area contributed by atoms with Crippen LogP contribution >= 0.6 is 0 Å². The van der Waals surface area contributed by atoms with Crippen LogP contribution in [0.4, 0.5) is 5.69 Å². The zero-order chi connectivity index (χ0) is 21.7. The number of carbonyl (C=O) groups is 1. The second kappa shape index (κ2) is 9.21. The lowest BCUT2D eigenvalue weighted by Gasteiger charge is -2.16. The summed E-state index contributed by atoms with van der Waals surface area (Å²) in [5.74, 6) is 0.0650. The fourth-order valence-corrected chi connectivity index (χ4v) is 3.05. The van der Waals surface area contributed by atoms with Gasteiger partial charge in [0.2, 0.25) is 0 Å². The van der Waals surface area contributed by atoms with Crippen LogP contribution in [-0.2, 0) is 19.7 Å². The molecule has 1 heterocycles. The predicted molar refractivity (Wildman–Crippen MR) is 112 cm³/mol. The molecule has 3 aromatic rings. The topological polar surface area (TPSA) is 90.5 Å². The summed E-state index contributed by atoms with van der Waals surface area (Å²) in [6.45, 7) is 5.09. The minimum atomic E-state index is -0.461. The van der Waals surface area contributed by atoms with E-state index in [1.54, 1.807) is 49.2 Å². The largest absolute Gasteiger partial charge is 0.482 e. The van der Waals surface area contributed by atoms with Crippen molar-refractivity contribution in [2.24, 2.45) is 0 Å². The fourth-order valence-electron chi connectivity index (χ4n) is 3.05. The zero-order valence-corrected chi connectivity index (χ0v) is 17.2. The van der Waals surface area contributed by atoms with E-state index in [1.807, 2.05) is 29.9 Å². The van der Waals surface area contributed by atoms with Gasteiger partial charge in [-0.1, -0.05) is 18.2 Å². The molecule has 1 amide bonds. The number of ether oxygens (including phenoxy) is 1. The summed E-state index contributed by atoms with van der Waals surface area (Å²) in [4.78, 5) is 25.2. The molecule has 30 heavy (non-hydrogen) atoms. The second-order valence-electron chi connectivity index (χ2n) is 7.04. The van der Waals surface area contributed by atoms with E-state index in [-0.39, 0.29) is 24.0 Å². The van der Waals surface area contributed by atoms with Gasteiger partial charge in [-0.2, -0.15) is 5.10 Å². The zero-order valence-electron chi connectivity index (χ0n) is 17.2. The number of aromatic nitrogens is 2. The van der Waals surface area contributed by atoms with Gasteiger partial charge >= 0.3 is 5.69 Å². The van der Waals surface area contributed by atoms with Gasteiger partial charge in [-0.25, -0.2) is 0 Å². The summed E-state index contributed by atoms with van der Waals surface area (Å²) in [6.07, 6.45) is 1.88. The molecule has 3 rings (SSSR count). The first-order chi connectivity index (χ1) is 14.4. The Hall–Kier alpha value is -3.68. The van der Waals surface area contributed by atoms with Crippen molar-refractivity contribution in [3.63, 3.8) is 0 Å². The van der Waals surface area contributed by atoms with Crippen LogP contribution in [0.3, 0.4) is 0 Å². The third-order valence-corrected chi connectivity index (χ3v) is 4.65. The van der Waals surface area contributed by atoms with E-state index >= 15 is 0 Å². The van der Waals surface area contributed by atoms with Crippen molar-refractivity contribution in [3.8, 4) is 5.75 Å². The summed E-state index contributed by atoms with van der Waals surface area (Å²) in [5, 5.41) is 15.6. The third kappa shape index (κ3) is 5.02. The lowest BCUT2D eigenvalue weighted by atomic mass is 10.1. The Morgan fingerprint density at radius 1 is 1.23 bits per heavy atom. The predicted octanol–water partition coefficient (Wildman–Crippen LogP) is 3.97. The molecule has 8 heteroatoms. The van der Waals surface area contributed by atoms with Crippen LogP contribution < -0.4 is 4.74 Å². The third-order valence-electron chi connectivity index (χ3n) is 4.65. The summed E-state index contributed by atoms with van der Waals surface area (Å²) in [7, 11) is 1.73. The second-order valence-corrected chi connectivity index (χ2v) is 7.04. The molecule has 8 nitrogen and oxygen atoms in total. The lowest BCUT2D eigenvalue weighted by Crippen LogP contribution is -2.26. The maximum absolute atomic E-state index is 12.8. The number of hydrogen-bond donors (Lipinski definition) is 0. The molecule has 0 atom stereocenters. The van der Waals surface area contributed by atoms with E-state index in [2.05, 4.69) is 5.10 Å². The van der Waals surface area contributed by atoms with E-state index in [0.717, 1.165) is 23.4 Å². The number of amides is 1. The number of carbonyl (C=O) groups excluding carboxylic acids is 1. The van der Waals surface area contributed by atoms with Crippen molar-refractivity contribution >= 4 is 11.6 Å². The molecule has 0 fully saturated rings. The standard InChI is InChI=1S/C22H24N4O4/c1-4-25-11-10-19(23-25)14-24(3)22(27)18-7-5-6-17(13-18)15-30-21-9-8-16(2)12-20(21)26(28)29/h5-13H,4,14-15H2,1-3H3. The number of nitrogens with zero attached hydrogens (tertiary/aromatic N) is 4. The van der Waals surface area contributed by atoms with E-state index in [1.165, 1.54) is 6.07 Å². The molecule has 0 spiro atoms. The number of aryl methyl sites for hydroxylation is 2. The van der Waals surface area contributed by atoms with Crippen LogP contribution in [0.25, 0.3) is 0 Å². The number of benzene rings is 2. The molecule has 156 valence electrons. The number of rotatable bonds is 8. The maximum atomic E-state index is 12.8. The van der Waals surface area contributed by atoms with Crippen LogP contribution in [0.5, 0.6) is 5.75 Å². The van der Waals surface area contributed by atoms with Crippen LogP contribution in [-0.4, -0.2) is 32.6 Å². The molecular formula is C22H24N4O4. The molecule has 0 bridgehead atoms. The van der Waals surface area contributed by atoms with Crippen LogP contribution in [0.1, 0.15) is 34.1 Å². The van der Waals surface area contributed by atoms with Gasteiger partial charge in [-0.05, 0) is 49.2 Å². The Morgan fingerprint density at radius 2 is 2.03 bits per heavy atom. The van der Waals surface area contributed by atoms with Gasteiger partial charge in [0.1, 0.15) is 6.61 Å². The normalized spacial score (nSPS) is 10.6. The van der Waals surface area contributed by atoms with Crippen LogP contribution in [0.15, 0.2) is 54.7 Å². The highest BCUT2D eigenvalue weighted by atomic mass is 16.6. The molecule has 0 N–H and O–H groups in total. The molecular weight excluding hydrogens is 384 g/mol. The first-order valence-corrected chi connectivity index (χ1v) is 9.62. The van der Waals surface area contributed by atoms with Gasteiger partial charge in [0, 0.05) is 31.4 Å². The lowest BCUT2D eigenvalue weighted by molar-refractivity contribution is -0.386. The molecule has 0 radical (unpaired) electrons. The molecule has 0 aliphatic heterocycles. The minimum absolute atomic E-state index is 0.0755. The molecule has 1 aromatic heterocycles. The number of nitro groups is 1. The minimum Gasteiger partial charge on any atom is -0.482 e. The van der Waals surface area contributed by atoms with Gasteiger partial charge in [-0.3, -0.25) is 19.6 Å². The van der Waals surface area contributed by atoms with E-state index in [9.17, 15) is 14.9 Å². The summed E-state index contributed by atoms with van der Waals surface area (Å²) in [5.41, 5.74) is 2.80. The van der Waals surface area contributed by atoms with E-state index < -0.39 is 4.92 Å². The molecule has 0 aliphatic carbocycles. The van der Waals surface area contributed by atoms with E-state index in [4.69, 9.17) is 4.74 Å². The van der Waals surface area contributed by atoms with Crippen molar-refractivity contribution in [1.29, 1.82) is 0 Å². The van der Waals surface area contributed by atoms with Gasteiger partial charge in [0.05, 0.1) is 17.2 Å². The SMILES string of the molecule is CCn1ccc(CN(C)C(=O)c2cccc(COc3ccc(C)cc3[N+](=O)[O-])c2)n1. The fraction of sp³-hybridized carbons (Fsp3) is 0.273. The van der Waals surface area contributed by atoms with Crippen LogP contribution in [0, 0.1) is 17.0 Å². The molecule has 0 saturated heterocycles. The summed E-state index contributed by atoms with van der Waals surface area (Å²) in [6, 6.07) is 13.8. The maximum Gasteiger partial charge on any atom is 0.311 e. The average Bonchev–Trinajstić information content (AvgIpc) is 3.19. The van der Waals surface area contributed by atoms with E-state index in [0.29, 0.717) is 12.1 Å². The highest BCUT2D eigenvalue weighted by Crippen LogP contribution is 2.28. The Labute approximate surface area is 174 Å². The van der Waals surface area contributed by atoms with Gasteiger partial charge in [0.15, 0.2) is 5.75 Å². The Bertz CT molecular complexity index is 1060. The molecule has 2 aromatic carbocycles. The van der Waals surface area contributed by atoms with Gasteiger partial charge in [-0.15, -0.1) is 0 Å². The van der Waals surface area contributed by atoms with Gasteiger partial charge < -0.3 is 9.64 Å². The monoisotopic (exact) mass is 408 g/mol. The number of nitro benzene ring substituents is 1. The first kappa shape index (κ1) is 21.0. The quantitative estimate of drug-likeness (QED) is 0.415. The summed E-state index contributed by atoms with van der Waals surface area (Å²) >= 11 is 0. The average molecular weight is 408 g/mol. The smallest absolute Gasteiger partial charge is 0.311 e. The van der Waals surface area contributed by atoms with Crippen molar-refractivity contribution in [2.45, 2.75) is 33.5 Å². The first-order valence-electron chi connectivity index (χ1n) is 9.62. The van der Waals surface area contributed by atoms with Crippen molar-refractivity contribution in [1.82, 2.24) is 14.7 Å². The van der Waals surface area contributed by atoms with Gasteiger partial charge in [0.25, 0.3) is 5.91 Å². The Morgan fingerprint density at radius 3 is 2.73 bits per heavy atom. The highest BCUT2D eigenvalue weighted by molar-refractivity contribution is 5.94. The molecule has 0 saturated carbocycles. The van der Waals surface area contributed by atoms with Crippen molar-refractivity contribution < 1.29 is 14.5 Å². The number of hydrogen-bond acceptors (Lipinski definition) is 5. The Balaban J connectivity index is 1.68. The molecule has 0 aliphatic rings.